The summed E-state index contributed by atoms with van der Waals surface area (Å²) in [5, 5.41) is 0. The van der Waals surface area contributed by atoms with E-state index in [0.29, 0.717) is 0 Å². The Balaban J connectivity index is 2.30. The smallest absolute Gasteiger partial charge is 0.230 e. The molecule has 0 aromatic heterocycles. The van der Waals surface area contributed by atoms with Crippen molar-refractivity contribution in [2.75, 3.05) is 6.54 Å². The summed E-state index contributed by atoms with van der Waals surface area (Å²) in [6.45, 7) is 9.43. The minimum atomic E-state index is -0.0752. The lowest BCUT2D eigenvalue weighted by molar-refractivity contribution is -0.134. The Morgan fingerprint density at radius 2 is 1.53 bits per heavy atom. The number of rotatable bonds is 12. The molecule has 0 N–H and O–H groups in total. The van der Waals surface area contributed by atoms with Gasteiger partial charge in [-0.15, -0.1) is 0 Å². The normalized spacial score (nSPS) is 13.7. The van der Waals surface area contributed by atoms with E-state index in [1.807, 2.05) is 18.2 Å². The van der Waals surface area contributed by atoms with Gasteiger partial charge in [0.15, 0.2) is 0 Å². The van der Waals surface area contributed by atoms with E-state index in [4.69, 9.17) is 0 Å². The predicted octanol–water partition coefficient (Wildman–Crippen LogP) is 7.47. The summed E-state index contributed by atoms with van der Waals surface area (Å²) >= 11 is 0. The topological polar surface area (TPSA) is 20.3 Å². The highest BCUT2D eigenvalue weighted by Gasteiger charge is 2.27. The third kappa shape index (κ3) is 7.16. The number of nitrogens with zero attached hydrogens (tertiary/aromatic N) is 1. The number of unbranched alkanes of at least 4 members (excludes halogenated alkanes) is 2. The van der Waals surface area contributed by atoms with Gasteiger partial charge in [-0.25, -0.2) is 0 Å². The quantitative estimate of drug-likeness (QED) is 0.335. The Kier molecular flexibility index (Phi) is 10.4. The highest BCUT2D eigenvalue weighted by atomic mass is 16.2. The molecule has 162 valence electrons. The van der Waals surface area contributed by atoms with Crippen LogP contribution in [0.15, 0.2) is 66.2 Å². The maximum atomic E-state index is 13.7. The molecule has 0 fully saturated rings. The molecule has 0 aliphatic rings. The van der Waals surface area contributed by atoms with Crippen LogP contribution in [0.3, 0.4) is 0 Å². The van der Waals surface area contributed by atoms with Crippen molar-refractivity contribution in [1.29, 1.82) is 0 Å². The number of hydrogen-bond acceptors (Lipinski definition) is 1. The van der Waals surface area contributed by atoms with Crippen LogP contribution >= 0.6 is 0 Å². The number of hydrogen-bond donors (Lipinski definition) is 0. The van der Waals surface area contributed by atoms with E-state index < -0.39 is 0 Å². The molecule has 30 heavy (non-hydrogen) atoms. The SMILES string of the molecule is CCCCC/C(=C\c1ccccc1)CN(C(=O)[C@H](CC)c1ccccc1)[C@@H](C)CC. The van der Waals surface area contributed by atoms with Crippen molar-refractivity contribution in [2.24, 2.45) is 0 Å². The van der Waals surface area contributed by atoms with E-state index in [0.717, 1.165) is 31.4 Å². The van der Waals surface area contributed by atoms with E-state index in [2.05, 4.69) is 81.1 Å². The van der Waals surface area contributed by atoms with Gasteiger partial charge < -0.3 is 4.90 Å². The minimum Gasteiger partial charge on any atom is -0.335 e. The predicted molar refractivity (Wildman–Crippen MR) is 130 cm³/mol. The van der Waals surface area contributed by atoms with Crippen LogP contribution in [0.25, 0.3) is 6.08 Å². The Bertz CT molecular complexity index is 766. The van der Waals surface area contributed by atoms with E-state index in [-0.39, 0.29) is 17.9 Å². The lowest BCUT2D eigenvalue weighted by atomic mass is 9.93. The molecule has 2 atom stereocenters. The van der Waals surface area contributed by atoms with E-state index >= 15 is 0 Å². The summed E-state index contributed by atoms with van der Waals surface area (Å²) in [4.78, 5) is 15.8. The number of benzene rings is 2. The van der Waals surface area contributed by atoms with Crippen molar-refractivity contribution in [3.63, 3.8) is 0 Å². The molecule has 0 saturated heterocycles. The van der Waals surface area contributed by atoms with Gasteiger partial charge in [-0.1, -0.05) is 106 Å². The Hall–Kier alpha value is -2.35. The molecule has 0 radical (unpaired) electrons. The highest BCUT2D eigenvalue weighted by Crippen LogP contribution is 2.26. The minimum absolute atomic E-state index is 0.0752. The van der Waals surface area contributed by atoms with Gasteiger partial charge in [-0.2, -0.15) is 0 Å². The van der Waals surface area contributed by atoms with Crippen LogP contribution in [0.2, 0.25) is 0 Å². The molecular formula is C28H39NO. The van der Waals surface area contributed by atoms with Crippen LogP contribution in [-0.2, 0) is 4.79 Å². The Morgan fingerprint density at radius 1 is 0.900 bits per heavy atom. The zero-order valence-corrected chi connectivity index (χ0v) is 19.3. The molecule has 2 heteroatoms. The van der Waals surface area contributed by atoms with Gasteiger partial charge in [0.05, 0.1) is 5.92 Å². The fraction of sp³-hybridized carbons (Fsp3) is 0.464. The molecule has 1 amide bonds. The fourth-order valence-corrected chi connectivity index (χ4v) is 3.91. The molecule has 2 nitrogen and oxygen atoms in total. The summed E-state index contributed by atoms with van der Waals surface area (Å²) in [6, 6.07) is 21.0. The van der Waals surface area contributed by atoms with Gasteiger partial charge in [-0.05, 0) is 43.7 Å². The van der Waals surface area contributed by atoms with E-state index in [1.54, 1.807) is 0 Å². The molecule has 0 unspecified atom stereocenters. The van der Waals surface area contributed by atoms with Gasteiger partial charge in [0, 0.05) is 12.6 Å². The number of carbonyl (C=O) groups excluding carboxylic acids is 1. The summed E-state index contributed by atoms with van der Waals surface area (Å²) in [7, 11) is 0. The zero-order chi connectivity index (χ0) is 21.8. The highest BCUT2D eigenvalue weighted by molar-refractivity contribution is 5.84. The van der Waals surface area contributed by atoms with Crippen LogP contribution in [-0.4, -0.2) is 23.4 Å². The maximum Gasteiger partial charge on any atom is 0.230 e. The first-order valence-electron chi connectivity index (χ1n) is 11.7. The molecule has 0 bridgehead atoms. The van der Waals surface area contributed by atoms with Crippen molar-refractivity contribution < 1.29 is 4.79 Å². The third-order valence-corrected chi connectivity index (χ3v) is 5.96. The van der Waals surface area contributed by atoms with Crippen LogP contribution in [0.1, 0.15) is 83.3 Å². The molecule has 0 heterocycles. The number of amides is 1. The van der Waals surface area contributed by atoms with E-state index in [1.165, 1.54) is 30.4 Å². The van der Waals surface area contributed by atoms with Crippen molar-refractivity contribution in [3.8, 4) is 0 Å². The van der Waals surface area contributed by atoms with Crippen LogP contribution in [0, 0.1) is 0 Å². The molecular weight excluding hydrogens is 366 g/mol. The van der Waals surface area contributed by atoms with E-state index in [9.17, 15) is 4.79 Å². The largest absolute Gasteiger partial charge is 0.335 e. The van der Waals surface area contributed by atoms with Gasteiger partial charge in [0.2, 0.25) is 5.91 Å². The average Bonchev–Trinajstić information content (AvgIpc) is 2.78. The molecule has 2 aromatic rings. The third-order valence-electron chi connectivity index (χ3n) is 5.96. The van der Waals surface area contributed by atoms with Gasteiger partial charge in [0.1, 0.15) is 0 Å². The molecule has 0 spiro atoms. The standard InChI is InChI=1S/C28H39NO/c1-5-8-11-18-25(21-24-16-12-9-13-17-24)22-29(23(4)6-2)28(30)27(7-3)26-19-14-10-15-20-26/h9-10,12-17,19-21,23,27H,5-8,11,18,22H2,1-4H3/b25-21+/t23-,27+/m0/s1. The molecule has 2 rings (SSSR count). The molecule has 0 aliphatic heterocycles. The summed E-state index contributed by atoms with van der Waals surface area (Å²) in [5.74, 6) is 0.182. The second kappa shape index (κ2) is 13.1. The van der Waals surface area contributed by atoms with Gasteiger partial charge >= 0.3 is 0 Å². The van der Waals surface area contributed by atoms with Crippen molar-refractivity contribution in [2.45, 2.75) is 78.2 Å². The summed E-state index contributed by atoms with van der Waals surface area (Å²) < 4.78 is 0. The van der Waals surface area contributed by atoms with Crippen LogP contribution in [0.5, 0.6) is 0 Å². The first-order chi connectivity index (χ1) is 14.6. The molecule has 2 aromatic carbocycles. The van der Waals surface area contributed by atoms with Crippen molar-refractivity contribution in [3.05, 3.63) is 77.4 Å². The average molecular weight is 406 g/mol. The second-order valence-corrected chi connectivity index (χ2v) is 8.27. The summed E-state index contributed by atoms with van der Waals surface area (Å²) in [5.41, 5.74) is 3.69. The monoisotopic (exact) mass is 405 g/mol. The van der Waals surface area contributed by atoms with Crippen LogP contribution < -0.4 is 0 Å². The second-order valence-electron chi connectivity index (χ2n) is 8.27. The zero-order valence-electron chi connectivity index (χ0n) is 19.3. The van der Waals surface area contributed by atoms with Crippen molar-refractivity contribution >= 4 is 12.0 Å². The molecule has 0 saturated carbocycles. The summed E-state index contributed by atoms with van der Waals surface area (Å²) in [6.07, 6.45) is 8.73. The Morgan fingerprint density at radius 3 is 2.10 bits per heavy atom. The fourth-order valence-electron chi connectivity index (χ4n) is 3.91. The van der Waals surface area contributed by atoms with Crippen molar-refractivity contribution in [1.82, 2.24) is 4.90 Å². The lowest BCUT2D eigenvalue weighted by Gasteiger charge is -2.33. The first kappa shape index (κ1) is 23.9. The van der Waals surface area contributed by atoms with Crippen LogP contribution in [0.4, 0.5) is 0 Å². The first-order valence-corrected chi connectivity index (χ1v) is 11.7. The molecule has 0 aliphatic carbocycles. The Labute approximate surface area is 184 Å². The lowest BCUT2D eigenvalue weighted by Crippen LogP contribution is -2.42. The maximum absolute atomic E-state index is 13.7. The van der Waals surface area contributed by atoms with Gasteiger partial charge in [-0.3, -0.25) is 4.79 Å². The number of carbonyl (C=O) groups is 1. The van der Waals surface area contributed by atoms with Gasteiger partial charge in [0.25, 0.3) is 0 Å².